The summed E-state index contributed by atoms with van der Waals surface area (Å²) in [6, 6.07) is 3.83. The average Bonchev–Trinajstić information content (AvgIpc) is 2.05. The van der Waals surface area contributed by atoms with E-state index in [2.05, 4.69) is 25.4 Å². The van der Waals surface area contributed by atoms with Crippen molar-refractivity contribution in [2.75, 3.05) is 5.73 Å². The first kappa shape index (κ1) is 8.78. The van der Waals surface area contributed by atoms with E-state index in [0.29, 0.717) is 5.82 Å². The molecule has 0 aliphatic carbocycles. The highest BCUT2D eigenvalue weighted by atomic mass is 14.8. The molecule has 0 aliphatic heterocycles. The summed E-state index contributed by atoms with van der Waals surface area (Å²) in [5.41, 5.74) is 6.68. The van der Waals surface area contributed by atoms with Crippen LogP contribution in [-0.2, 0) is 5.41 Å². The standard InChI is InChI=1S/C10H14N2/c1-4-10(2,3)8-5-6-12-9(11)7-8/h4-7H,1H2,2-3H3,(H2,11,12). The molecular weight excluding hydrogens is 148 g/mol. The largest absolute Gasteiger partial charge is 0.384 e. The van der Waals surface area contributed by atoms with Crippen LogP contribution in [0.5, 0.6) is 0 Å². The first-order valence-electron chi connectivity index (χ1n) is 3.92. The predicted octanol–water partition coefficient (Wildman–Crippen LogP) is 2.13. The zero-order valence-corrected chi connectivity index (χ0v) is 7.54. The topological polar surface area (TPSA) is 38.9 Å². The number of allylic oxidation sites excluding steroid dienone is 1. The van der Waals surface area contributed by atoms with E-state index in [4.69, 9.17) is 5.73 Å². The summed E-state index contributed by atoms with van der Waals surface area (Å²) in [6.07, 6.45) is 3.62. The highest BCUT2D eigenvalue weighted by Gasteiger charge is 2.15. The number of nitrogen functional groups attached to an aromatic ring is 1. The first-order chi connectivity index (χ1) is 5.56. The van der Waals surface area contributed by atoms with Crippen LogP contribution in [-0.4, -0.2) is 4.98 Å². The molecule has 2 nitrogen and oxygen atoms in total. The van der Waals surface area contributed by atoms with E-state index in [1.807, 2.05) is 18.2 Å². The number of hydrogen-bond acceptors (Lipinski definition) is 2. The van der Waals surface area contributed by atoms with E-state index < -0.39 is 0 Å². The Morgan fingerprint density at radius 3 is 2.75 bits per heavy atom. The van der Waals surface area contributed by atoms with Crippen molar-refractivity contribution in [3.63, 3.8) is 0 Å². The second kappa shape index (κ2) is 2.97. The van der Waals surface area contributed by atoms with Gasteiger partial charge in [-0.25, -0.2) is 4.98 Å². The fourth-order valence-electron chi connectivity index (χ4n) is 0.967. The fraction of sp³-hybridized carbons (Fsp3) is 0.300. The number of nitrogens with zero attached hydrogens (tertiary/aromatic N) is 1. The summed E-state index contributed by atoms with van der Waals surface area (Å²) in [4.78, 5) is 3.93. The van der Waals surface area contributed by atoms with Gasteiger partial charge in [0.05, 0.1) is 0 Å². The van der Waals surface area contributed by atoms with Crippen LogP contribution < -0.4 is 5.73 Å². The van der Waals surface area contributed by atoms with E-state index in [-0.39, 0.29) is 5.41 Å². The molecule has 0 spiro atoms. The molecule has 0 atom stereocenters. The van der Waals surface area contributed by atoms with Crippen LogP contribution in [0.25, 0.3) is 0 Å². The summed E-state index contributed by atoms with van der Waals surface area (Å²) >= 11 is 0. The van der Waals surface area contributed by atoms with Gasteiger partial charge in [0.2, 0.25) is 0 Å². The summed E-state index contributed by atoms with van der Waals surface area (Å²) in [6.45, 7) is 7.96. The number of hydrogen-bond donors (Lipinski definition) is 1. The van der Waals surface area contributed by atoms with E-state index in [1.54, 1.807) is 6.20 Å². The lowest BCUT2D eigenvalue weighted by Crippen LogP contribution is -2.13. The maximum absolute atomic E-state index is 5.56. The van der Waals surface area contributed by atoms with Gasteiger partial charge in [0.1, 0.15) is 5.82 Å². The Hall–Kier alpha value is -1.31. The Kier molecular flexibility index (Phi) is 2.18. The van der Waals surface area contributed by atoms with Crippen LogP contribution in [0.3, 0.4) is 0 Å². The minimum absolute atomic E-state index is 0.0307. The first-order valence-corrected chi connectivity index (χ1v) is 3.92. The maximum atomic E-state index is 5.56. The second-order valence-electron chi connectivity index (χ2n) is 3.40. The van der Waals surface area contributed by atoms with Crippen molar-refractivity contribution in [3.8, 4) is 0 Å². The molecule has 0 amide bonds. The molecule has 0 fully saturated rings. The molecule has 0 aliphatic rings. The van der Waals surface area contributed by atoms with Gasteiger partial charge in [-0.2, -0.15) is 0 Å². The highest BCUT2D eigenvalue weighted by Crippen LogP contribution is 2.24. The van der Waals surface area contributed by atoms with Crippen LogP contribution in [0, 0.1) is 0 Å². The monoisotopic (exact) mass is 162 g/mol. The normalized spacial score (nSPS) is 11.2. The van der Waals surface area contributed by atoms with Crippen molar-refractivity contribution in [3.05, 3.63) is 36.5 Å². The fourth-order valence-corrected chi connectivity index (χ4v) is 0.967. The van der Waals surface area contributed by atoms with Gasteiger partial charge < -0.3 is 5.73 Å². The number of pyridine rings is 1. The quantitative estimate of drug-likeness (QED) is 0.676. The van der Waals surface area contributed by atoms with Gasteiger partial charge in [0.25, 0.3) is 0 Å². The molecule has 0 aromatic carbocycles. The van der Waals surface area contributed by atoms with Crippen molar-refractivity contribution < 1.29 is 0 Å². The number of rotatable bonds is 2. The zero-order chi connectivity index (χ0) is 9.19. The molecule has 1 aromatic rings. The lowest BCUT2D eigenvalue weighted by atomic mass is 9.85. The Morgan fingerprint density at radius 2 is 2.25 bits per heavy atom. The van der Waals surface area contributed by atoms with Gasteiger partial charge in [-0.3, -0.25) is 0 Å². The van der Waals surface area contributed by atoms with Crippen LogP contribution in [0.2, 0.25) is 0 Å². The number of aromatic nitrogens is 1. The van der Waals surface area contributed by atoms with Crippen LogP contribution >= 0.6 is 0 Å². The minimum Gasteiger partial charge on any atom is -0.384 e. The predicted molar refractivity (Wildman–Crippen MR) is 51.9 cm³/mol. The maximum Gasteiger partial charge on any atom is 0.123 e. The zero-order valence-electron chi connectivity index (χ0n) is 7.54. The number of anilines is 1. The number of nitrogens with two attached hydrogens (primary N) is 1. The van der Waals surface area contributed by atoms with Gasteiger partial charge in [-0.15, -0.1) is 6.58 Å². The van der Waals surface area contributed by atoms with Crippen LogP contribution in [0.15, 0.2) is 31.0 Å². The van der Waals surface area contributed by atoms with Crippen LogP contribution in [0.1, 0.15) is 19.4 Å². The Bertz CT molecular complexity index is 290. The van der Waals surface area contributed by atoms with Gasteiger partial charge in [-0.1, -0.05) is 19.9 Å². The Morgan fingerprint density at radius 1 is 1.58 bits per heavy atom. The molecule has 0 bridgehead atoms. The lowest BCUT2D eigenvalue weighted by Gasteiger charge is -2.20. The minimum atomic E-state index is -0.0307. The van der Waals surface area contributed by atoms with Gasteiger partial charge in [0, 0.05) is 11.6 Å². The van der Waals surface area contributed by atoms with Crippen molar-refractivity contribution in [2.24, 2.45) is 0 Å². The summed E-state index contributed by atoms with van der Waals surface area (Å²) in [5.74, 6) is 0.558. The van der Waals surface area contributed by atoms with Crippen molar-refractivity contribution in [1.82, 2.24) is 4.98 Å². The van der Waals surface area contributed by atoms with E-state index >= 15 is 0 Å². The van der Waals surface area contributed by atoms with Crippen molar-refractivity contribution >= 4 is 5.82 Å². The SMILES string of the molecule is C=CC(C)(C)c1ccnc(N)c1. The molecule has 1 rings (SSSR count). The van der Waals surface area contributed by atoms with Gasteiger partial charge in [0.15, 0.2) is 0 Å². The third kappa shape index (κ3) is 1.64. The van der Waals surface area contributed by atoms with E-state index in [9.17, 15) is 0 Å². The Balaban J connectivity index is 3.11. The van der Waals surface area contributed by atoms with E-state index in [1.165, 1.54) is 0 Å². The Labute approximate surface area is 73.1 Å². The van der Waals surface area contributed by atoms with Crippen LogP contribution in [0.4, 0.5) is 5.82 Å². The molecule has 1 heterocycles. The molecule has 2 heteroatoms. The third-order valence-electron chi connectivity index (χ3n) is 2.04. The molecular formula is C10H14N2. The van der Waals surface area contributed by atoms with Gasteiger partial charge in [-0.05, 0) is 17.7 Å². The molecule has 2 N–H and O–H groups in total. The average molecular weight is 162 g/mol. The second-order valence-corrected chi connectivity index (χ2v) is 3.40. The smallest absolute Gasteiger partial charge is 0.123 e. The molecule has 0 saturated heterocycles. The third-order valence-corrected chi connectivity index (χ3v) is 2.04. The van der Waals surface area contributed by atoms with Gasteiger partial charge >= 0.3 is 0 Å². The molecule has 0 unspecified atom stereocenters. The van der Waals surface area contributed by atoms with E-state index in [0.717, 1.165) is 5.56 Å². The molecule has 12 heavy (non-hydrogen) atoms. The molecule has 0 radical (unpaired) electrons. The lowest BCUT2D eigenvalue weighted by molar-refractivity contribution is 0.671. The molecule has 1 aromatic heterocycles. The summed E-state index contributed by atoms with van der Waals surface area (Å²) in [7, 11) is 0. The van der Waals surface area contributed by atoms with Crippen molar-refractivity contribution in [2.45, 2.75) is 19.3 Å². The molecule has 64 valence electrons. The van der Waals surface area contributed by atoms with Crippen molar-refractivity contribution in [1.29, 1.82) is 0 Å². The summed E-state index contributed by atoms with van der Waals surface area (Å²) < 4.78 is 0. The summed E-state index contributed by atoms with van der Waals surface area (Å²) in [5, 5.41) is 0. The highest BCUT2D eigenvalue weighted by molar-refractivity contribution is 5.37. The molecule has 0 saturated carbocycles.